The number of carbonyl (C=O) groups is 10. The SMILES string of the molecule is CC(C)(C(=O)C=O)c1cc(/C=C2\CCNS2(=O)=O)cc2c1OC(=O)C2(C)C.CC(C)(C(=O)O)c1cc(/C=C2\CCNS2(=O)=O)cc2c1OC(O)C2(C)C.CN=NN=N.F.[3HH].[B]P(C)N1CC/C(=C\c2cc(C(C)(C)C(=O)C=O)c3c(c2)C(C)(C)C(=O)O3)S1(=O)=O.[B]P(C)N1CC[C@@H]([C@H](O)c2cc(C(C)(C)C(=O)C=O)c3c(c2)C(C)(C)C(=O)O3)S1(=O)=O. The third-order valence-electron chi connectivity index (χ3n) is 22.5. The molecule has 4 aromatic rings. The number of aliphatic hydroxyl groups excluding tert-OH is 2. The molecule has 0 aromatic heterocycles. The number of nitrogens with zero attached hydrogens (tertiary/aromatic N) is 5. The summed E-state index contributed by atoms with van der Waals surface area (Å²) in [7, 11) is -4.06. The van der Waals surface area contributed by atoms with Crippen molar-refractivity contribution in [3.8, 4) is 23.0 Å². The lowest BCUT2D eigenvalue weighted by Gasteiger charge is -2.27. The highest BCUT2D eigenvalue weighted by Gasteiger charge is 2.52. The van der Waals surface area contributed by atoms with Gasteiger partial charge in [-0.1, -0.05) is 15.9 Å². The Morgan fingerprint density at radius 2 is 0.925 bits per heavy atom. The summed E-state index contributed by atoms with van der Waals surface area (Å²) in [5.41, 5.74) is 2.56. The van der Waals surface area contributed by atoms with Crippen molar-refractivity contribution in [3.63, 3.8) is 0 Å². The van der Waals surface area contributed by atoms with Gasteiger partial charge in [0.1, 0.15) is 43.4 Å². The summed E-state index contributed by atoms with van der Waals surface area (Å²) in [6, 6.07) is 13.0. The third kappa shape index (κ3) is 18.6. The van der Waals surface area contributed by atoms with E-state index in [0.29, 0.717) is 100 Å². The quantitative estimate of drug-likeness (QED) is 0.00747. The second-order valence-electron chi connectivity index (χ2n) is 33.6. The van der Waals surface area contributed by atoms with E-state index in [-0.39, 0.29) is 81.0 Å². The van der Waals surface area contributed by atoms with Crippen LogP contribution >= 0.6 is 15.9 Å². The highest BCUT2D eigenvalue weighted by Crippen LogP contribution is 2.54. The number of aliphatic hydroxyl groups is 2. The van der Waals surface area contributed by atoms with E-state index in [9.17, 15) is 96.9 Å². The zero-order chi connectivity index (χ0) is 90.0. The summed E-state index contributed by atoms with van der Waals surface area (Å²) in [6.45, 7) is 30.6. The number of sulfonamides is 4. The first kappa shape index (κ1) is 98.6. The molecule has 0 bridgehead atoms. The number of hydrogen-bond acceptors (Lipinski definition) is 26. The van der Waals surface area contributed by atoms with E-state index in [0.717, 1.165) is 0 Å². The Labute approximate surface area is 703 Å². The van der Waals surface area contributed by atoms with Crippen LogP contribution < -0.4 is 28.4 Å². The molecule has 8 heterocycles. The average Bonchev–Trinajstić information content (AvgIpc) is 1.60. The van der Waals surface area contributed by atoms with Gasteiger partial charge in [0.05, 0.1) is 71.2 Å². The number of halogens is 1. The molecule has 4 saturated heterocycles. The van der Waals surface area contributed by atoms with Crippen LogP contribution in [0.2, 0.25) is 0 Å². The summed E-state index contributed by atoms with van der Waals surface area (Å²) in [6.07, 6.45) is 4.00. The van der Waals surface area contributed by atoms with Crippen LogP contribution in [0.5, 0.6) is 23.0 Å². The van der Waals surface area contributed by atoms with Crippen molar-refractivity contribution >= 4 is 149 Å². The lowest BCUT2D eigenvalue weighted by molar-refractivity contribution is -0.143. The second-order valence-corrected chi connectivity index (χ2v) is 45.0. The van der Waals surface area contributed by atoms with Crippen LogP contribution in [0.25, 0.3) is 18.2 Å². The molecule has 4 aromatic carbocycles. The molecule has 8 aliphatic rings. The van der Waals surface area contributed by atoms with Crippen LogP contribution in [0.4, 0.5) is 4.70 Å². The van der Waals surface area contributed by atoms with Crippen molar-refractivity contribution < 1.29 is 122 Å². The van der Waals surface area contributed by atoms with Gasteiger partial charge in [0.15, 0.2) is 18.9 Å². The van der Waals surface area contributed by atoms with E-state index in [1.165, 1.54) is 47.3 Å². The molecule has 0 spiro atoms. The number of benzene rings is 4. The molecule has 8 aliphatic heterocycles. The highest BCUT2D eigenvalue weighted by atomic mass is 32.2. The first-order valence-corrected chi connectivity index (χ1v) is 46.6. The van der Waals surface area contributed by atoms with E-state index < -0.39 is 158 Å². The maximum atomic E-state index is 12.9. The molecule has 3 unspecified atom stereocenters. The molecular formula is C78H99B2FN8O25P2S4. The molecule has 5 atom stereocenters. The zero-order valence-electron chi connectivity index (χ0n) is 69.6. The van der Waals surface area contributed by atoms with Crippen molar-refractivity contribution in [3.05, 3.63) is 130 Å². The van der Waals surface area contributed by atoms with E-state index in [2.05, 4.69) is 25.0 Å². The van der Waals surface area contributed by atoms with E-state index in [1.807, 2.05) is 0 Å². The molecule has 0 aliphatic carbocycles. The van der Waals surface area contributed by atoms with Crippen LogP contribution in [0.3, 0.4) is 0 Å². The van der Waals surface area contributed by atoms with Gasteiger partial charge in [-0.3, -0.25) is 52.6 Å². The number of carbonyl (C=O) groups excluding carboxylic acids is 9. The number of Topliss-reactive ketones (excluding diaryl/α,β-unsaturated/α-hetero) is 3. The molecule has 4 radical (unpaired) electrons. The smallest absolute Gasteiger partial charge is 0.321 e. The molecule has 12 rings (SSSR count). The Hall–Kier alpha value is -8.52. The Balaban J connectivity index is 0.000000244. The molecule has 42 heteroatoms. The summed E-state index contributed by atoms with van der Waals surface area (Å²) in [5, 5.41) is 38.5. The Bertz CT molecular complexity index is 5580. The maximum absolute atomic E-state index is 12.9. The minimum atomic E-state index is -3.83. The number of esters is 3. The summed E-state index contributed by atoms with van der Waals surface area (Å²) < 4.78 is 129. The predicted octanol–water partition coefficient (Wildman–Crippen LogP) is 8.60. The number of rotatable bonds is 19. The Kier molecular flexibility index (Phi) is 29.1. The fourth-order valence-corrected chi connectivity index (χ4v) is 23.7. The van der Waals surface area contributed by atoms with Gasteiger partial charge in [0, 0.05) is 72.1 Å². The van der Waals surface area contributed by atoms with E-state index in [4.69, 9.17) is 39.6 Å². The van der Waals surface area contributed by atoms with Gasteiger partial charge in [0.25, 0.3) is 0 Å². The molecule has 0 amide bonds. The molecule has 0 saturated carbocycles. The minimum absolute atomic E-state index is 0. The average molecular weight is 1780 g/mol. The van der Waals surface area contributed by atoms with Crippen LogP contribution in [0, 0.1) is 5.53 Å². The first-order valence-electron chi connectivity index (χ1n) is 37.1. The maximum Gasteiger partial charge on any atom is 0.321 e. The number of nitrogens with one attached hydrogen (secondary N) is 3. The number of aliphatic carboxylic acids is 1. The molecule has 648 valence electrons. The van der Waals surface area contributed by atoms with Crippen molar-refractivity contribution in [1.82, 2.24) is 17.6 Å². The van der Waals surface area contributed by atoms with Gasteiger partial charge in [0.2, 0.25) is 63.7 Å². The zero-order valence-corrected chi connectivity index (χ0v) is 74.7. The highest BCUT2D eigenvalue weighted by molar-refractivity contribution is 8.02. The molecule has 6 N–H and O–H groups in total. The predicted molar refractivity (Wildman–Crippen MR) is 448 cm³/mol. The largest absolute Gasteiger partial charge is 0.481 e. The third-order valence-corrected chi connectivity index (χ3v) is 34.1. The van der Waals surface area contributed by atoms with Crippen molar-refractivity contribution in [2.75, 3.05) is 46.6 Å². The number of ketones is 3. The summed E-state index contributed by atoms with van der Waals surface area (Å²) in [4.78, 5) is 120. The molecule has 33 nitrogen and oxygen atoms in total. The van der Waals surface area contributed by atoms with Crippen molar-refractivity contribution in [1.29, 1.82) is 5.53 Å². The van der Waals surface area contributed by atoms with Crippen molar-refractivity contribution in [2.45, 2.75) is 197 Å². The van der Waals surface area contributed by atoms with Crippen LogP contribution in [0.15, 0.2) is 78.8 Å². The topological polar surface area (TPSA) is 496 Å². The standard InChI is InChI=1S/C20H25BNO7PS.C20H23BNO6PS.C19H21NO6S.C18H23NO6S.CH4N4.FH.H2/c1-19(2,15(24)10-23)12-8-11(9-13-17(12)29-18(26)20(13,3)4)16(25)14-6-7-22(30(5)21)31(14,27)28;1-19(2,16(24)11-23)14-9-12(10-15-17(14)28-18(25)20(15,3)4)8-13-6-7-22(29(5)21)30(13,26)27;1-18(2,15(22)10-21)13-8-11(7-12-5-6-20-27(12,24)25)9-14-16(13)26-17(23)19(14,3)4;1-17(2,15(20)21)12-8-10(7-11-5-6-19-26(11,23)24)9-13-14(12)25-16(22)18(13,3)4;1-3-5-4-2;;/h8-10,14,16,25H,6-7H2,1-5H3;8-11H,6-7H2,1-5H3;7-10,20H,5-6H2,1-4H3;7-9,16,19,22H,5-6H2,1-4H3,(H,20,21);2H,1H3;2*1H/b;13-8+;12-7+;11-7+;;;/t14-,16+,30?;;;;;;/m0....../s1/i;;;;;;1+2. The monoisotopic (exact) mass is 1780 g/mol. The second kappa shape index (κ2) is 35.4. The fourth-order valence-electron chi connectivity index (χ4n) is 14.1. The Morgan fingerprint density at radius 3 is 1.24 bits per heavy atom. The van der Waals surface area contributed by atoms with Crippen LogP contribution in [-0.4, -0.2) is 190 Å². The van der Waals surface area contributed by atoms with Gasteiger partial charge in [-0.2, -0.15) is 18.8 Å². The number of ether oxygens (including phenoxy) is 4. The lowest BCUT2D eigenvalue weighted by atomic mass is 9.75. The number of carboxylic acid groups (broad SMARTS) is 1. The number of fused-ring (bicyclic) bond motifs is 4. The van der Waals surface area contributed by atoms with Gasteiger partial charge in [-0.15, -0.1) is 0 Å². The number of aldehydes is 3. The van der Waals surface area contributed by atoms with Crippen LogP contribution in [0.1, 0.15) is 211 Å². The van der Waals surface area contributed by atoms with Gasteiger partial charge in [-0.05, 0) is 249 Å². The molecular weight excluding hydrogens is 1680 g/mol. The summed E-state index contributed by atoms with van der Waals surface area (Å²) in [5.74, 6) is -3.55. The number of hydrogen-bond donors (Lipinski definition) is 6. The fraction of sp³-hybridized carbons (Fsp3) is 0.487. The molecule has 4 fully saturated rings. The normalized spacial score (nSPS) is 22.6. The Morgan fingerprint density at radius 1 is 0.567 bits per heavy atom. The van der Waals surface area contributed by atoms with Crippen molar-refractivity contribution in [2.24, 2.45) is 15.6 Å². The lowest BCUT2D eigenvalue weighted by Crippen LogP contribution is -2.32. The minimum Gasteiger partial charge on any atom is -0.481 e. The first-order chi connectivity index (χ1) is 54.6. The summed E-state index contributed by atoms with van der Waals surface area (Å²) >= 11 is 0. The molecule has 120 heavy (non-hydrogen) atoms. The van der Waals surface area contributed by atoms with Gasteiger partial charge < -0.3 is 34.3 Å². The van der Waals surface area contributed by atoms with Gasteiger partial charge >= 0.3 is 23.9 Å². The number of carboxylic acids is 1. The van der Waals surface area contributed by atoms with E-state index >= 15 is 0 Å². The van der Waals surface area contributed by atoms with Gasteiger partial charge in [-0.25, -0.2) is 43.1 Å². The van der Waals surface area contributed by atoms with Crippen LogP contribution in [-0.2, 0) is 131 Å². The van der Waals surface area contributed by atoms with E-state index in [1.54, 1.807) is 159 Å².